The predicted octanol–water partition coefficient (Wildman–Crippen LogP) is 8.64. The van der Waals surface area contributed by atoms with Crippen molar-refractivity contribution < 1.29 is 75.4 Å². The van der Waals surface area contributed by atoms with Crippen LogP contribution in [0.25, 0.3) is 11.1 Å². The molecule has 6 rings (SSSR count). The Bertz CT molecular complexity index is 1950. The molecule has 9 heteroatoms. The number of hydrogen-bond acceptors (Lipinski definition) is 0. The van der Waals surface area contributed by atoms with Gasteiger partial charge in [0.15, 0.2) is 0 Å². The molecule has 2 aliphatic rings. The van der Waals surface area contributed by atoms with Gasteiger partial charge in [-0.25, -0.2) is 6.08 Å². The van der Waals surface area contributed by atoms with E-state index in [1.807, 2.05) is 0 Å². The van der Waals surface area contributed by atoms with Crippen molar-refractivity contribution in [2.24, 2.45) is 11.3 Å². The van der Waals surface area contributed by atoms with Gasteiger partial charge < -0.3 is 24.8 Å². The Morgan fingerprint density at radius 3 is 1.62 bits per heavy atom. The van der Waals surface area contributed by atoms with Crippen LogP contribution in [0.1, 0.15) is 133 Å². The molecule has 1 atom stereocenters. The average molecular weight is 919 g/mol. The second kappa shape index (κ2) is 20.2. The van der Waals surface area contributed by atoms with E-state index in [-0.39, 0.29) is 46.8 Å². The van der Waals surface area contributed by atoms with Crippen LogP contribution in [-0.4, -0.2) is 3.21 Å². The van der Waals surface area contributed by atoms with Crippen LogP contribution < -0.4 is 24.8 Å². The fourth-order valence-corrected chi connectivity index (χ4v) is 7.18. The molecule has 4 aromatic carbocycles. The van der Waals surface area contributed by atoms with Gasteiger partial charge in [-0.15, -0.1) is 5.56 Å². The number of unbranched alkanes of at least 4 members (excludes halogenated alkanes) is 1. The number of allylic oxidation sites excluding steroid dienone is 4. The maximum atomic E-state index is 12.7. The molecule has 0 saturated carbocycles. The molecule has 58 heavy (non-hydrogen) atoms. The Balaban J connectivity index is 0.000000305. The zero-order valence-corrected chi connectivity index (χ0v) is 39.1. The molecule has 0 aromatic heterocycles. The van der Waals surface area contributed by atoms with Crippen molar-refractivity contribution in [1.29, 1.82) is 0 Å². The van der Waals surface area contributed by atoms with Gasteiger partial charge in [-0.3, -0.25) is 6.08 Å². The van der Waals surface area contributed by atoms with Gasteiger partial charge in [0.25, 0.3) is 0 Å². The van der Waals surface area contributed by atoms with Crippen LogP contribution in [0.15, 0.2) is 96.6 Å². The molecule has 0 saturated heterocycles. The van der Waals surface area contributed by atoms with Crippen molar-refractivity contribution >= 4 is 3.21 Å². The normalized spacial score (nSPS) is 14.7. The van der Waals surface area contributed by atoms with E-state index < -0.39 is 23.5 Å². The minimum absolute atomic E-state index is 0. The summed E-state index contributed by atoms with van der Waals surface area (Å²) >= 11 is 0.729. The monoisotopic (exact) mass is 916 g/mol. The molecule has 0 amide bonds. The molecule has 0 heterocycles. The van der Waals surface area contributed by atoms with E-state index in [1.165, 1.54) is 82.5 Å². The molecule has 4 aromatic rings. The largest absolute Gasteiger partial charge is 1.00 e. The second-order valence-electron chi connectivity index (χ2n) is 17.8. The van der Waals surface area contributed by atoms with E-state index in [2.05, 4.69) is 124 Å². The number of halogens is 8. The summed E-state index contributed by atoms with van der Waals surface area (Å²) in [6, 6.07) is 24.2. The summed E-state index contributed by atoms with van der Waals surface area (Å²) in [5, 5.41) is 0. The van der Waals surface area contributed by atoms with E-state index in [1.54, 1.807) is 0 Å². The summed E-state index contributed by atoms with van der Waals surface area (Å²) in [5.74, 6) is 0.592. The SMILES string of the molecule is CC(C)(C)c1c[c-]c2c(c1)-c1cc(C(C)(C)C)ccc1C2.CCCCC1[C-]=CC(C(C)(C)C)=C1.FC(F)(F)c1cccc([C](=[Zr+2])c2cccc(C(F)(F)F)c2)c1.[Cl-].[Cl-]. The smallest absolute Gasteiger partial charge is 1.00 e. The Morgan fingerprint density at radius 2 is 1.17 bits per heavy atom. The first-order chi connectivity index (χ1) is 25.8. The molecule has 0 radical (unpaired) electrons. The Morgan fingerprint density at radius 1 is 0.655 bits per heavy atom. The summed E-state index contributed by atoms with van der Waals surface area (Å²) in [6.45, 7) is 22.7. The van der Waals surface area contributed by atoms with Crippen molar-refractivity contribution in [3.63, 3.8) is 0 Å². The van der Waals surface area contributed by atoms with Gasteiger partial charge in [0, 0.05) is 0 Å². The third-order valence-electron chi connectivity index (χ3n) is 10.1. The van der Waals surface area contributed by atoms with Crippen molar-refractivity contribution in [2.75, 3.05) is 0 Å². The molecule has 0 bridgehead atoms. The van der Waals surface area contributed by atoms with Gasteiger partial charge in [0.05, 0.1) is 0 Å². The summed E-state index contributed by atoms with van der Waals surface area (Å²) in [6.07, 6.45) is 3.93. The molecule has 0 fully saturated rings. The zero-order valence-electron chi connectivity index (χ0n) is 35.1. The number of fused-ring (bicyclic) bond motifs is 3. The van der Waals surface area contributed by atoms with E-state index >= 15 is 0 Å². The molecule has 0 spiro atoms. The van der Waals surface area contributed by atoms with E-state index in [4.69, 9.17) is 0 Å². The minimum atomic E-state index is -4.49. The van der Waals surface area contributed by atoms with E-state index in [0.717, 1.165) is 54.9 Å². The van der Waals surface area contributed by atoms with Gasteiger partial charge in [-0.05, 0) is 17.4 Å². The van der Waals surface area contributed by atoms with Crippen LogP contribution in [0.5, 0.6) is 0 Å². The maximum absolute atomic E-state index is 12.7. The average Bonchev–Trinajstić information content (AvgIpc) is 3.74. The first kappa shape index (κ1) is 51.4. The quantitative estimate of drug-likeness (QED) is 0.123. The van der Waals surface area contributed by atoms with Crippen molar-refractivity contribution in [1.82, 2.24) is 0 Å². The van der Waals surface area contributed by atoms with Gasteiger partial charge in [-0.1, -0.05) is 135 Å². The first-order valence-electron chi connectivity index (χ1n) is 19.2. The van der Waals surface area contributed by atoms with Gasteiger partial charge >= 0.3 is 137 Å². The third-order valence-corrected chi connectivity index (χ3v) is 11.5. The summed E-state index contributed by atoms with van der Waals surface area (Å²) in [4.78, 5) is 0. The first-order valence-corrected chi connectivity index (χ1v) is 20.5. The summed E-state index contributed by atoms with van der Waals surface area (Å²) in [5.41, 5.74) is 9.41. The van der Waals surface area contributed by atoms with Crippen LogP contribution >= 0.6 is 0 Å². The Labute approximate surface area is 370 Å². The van der Waals surface area contributed by atoms with Crippen LogP contribution in [0.2, 0.25) is 0 Å². The van der Waals surface area contributed by atoms with Crippen molar-refractivity contribution in [3.8, 4) is 11.1 Å². The second-order valence-corrected chi connectivity index (χ2v) is 19.0. The Kier molecular flexibility index (Phi) is 17.9. The molecule has 1 unspecified atom stereocenters. The maximum Gasteiger partial charge on any atom is -1.00 e. The van der Waals surface area contributed by atoms with Crippen LogP contribution in [0.4, 0.5) is 26.3 Å². The van der Waals surface area contributed by atoms with Crippen molar-refractivity contribution in [2.45, 2.75) is 118 Å². The number of hydrogen-bond donors (Lipinski definition) is 0. The van der Waals surface area contributed by atoms with Crippen LogP contribution in [0.3, 0.4) is 0 Å². The molecular formula is C49H54Cl2F6Zr-2. The topological polar surface area (TPSA) is 0 Å². The Hall–Kier alpha value is -2.73. The summed E-state index contributed by atoms with van der Waals surface area (Å²) < 4.78 is 76.7. The number of alkyl halides is 6. The molecule has 312 valence electrons. The van der Waals surface area contributed by atoms with E-state index in [9.17, 15) is 26.3 Å². The molecule has 2 aliphatic carbocycles. The number of benzene rings is 4. The molecule has 0 nitrogen and oxygen atoms in total. The number of rotatable bonds is 5. The zero-order chi connectivity index (χ0) is 41.9. The fourth-order valence-electron chi connectivity index (χ4n) is 6.42. The van der Waals surface area contributed by atoms with Gasteiger partial charge in [-0.2, -0.15) is 41.0 Å². The molecule has 0 aliphatic heterocycles. The van der Waals surface area contributed by atoms with Gasteiger partial charge in [0.1, 0.15) is 0 Å². The molecular weight excluding hydrogens is 865 g/mol. The minimum Gasteiger partial charge on any atom is -1.00 e. The fraction of sp³-hybridized carbons (Fsp3) is 0.408. The molecule has 0 N–H and O–H groups in total. The van der Waals surface area contributed by atoms with E-state index in [0.29, 0.717) is 14.5 Å². The predicted molar refractivity (Wildman–Crippen MR) is 215 cm³/mol. The van der Waals surface area contributed by atoms with Gasteiger partial charge in [0.2, 0.25) is 0 Å². The standard InChI is InChI=1S/C21H25.C15H8F6.C13H21.2ClH.Zr/c1-20(2,3)16-9-7-14-11-15-8-10-17(21(4,5)6)13-19(15)18(14)12-16;16-14(17,18)12-5-1-3-10(8-12)7-11-4-2-6-13(9-11)15(19,20)21;1-5-6-7-11-8-9-12(10-11)13(2,3)4;;;/h7,9-10,12-13H,11H2,1-6H3;1-6,8-9H;9-11H,5-7H2,1-4H3;2*1H;/q-1;;-1;;;+2/p-2. The van der Waals surface area contributed by atoms with Crippen molar-refractivity contribution in [3.05, 3.63) is 153 Å². The third kappa shape index (κ3) is 13.9. The van der Waals surface area contributed by atoms with Crippen LogP contribution in [-0.2, 0) is 53.8 Å². The van der Waals surface area contributed by atoms with Crippen LogP contribution in [0, 0.1) is 23.5 Å². The summed E-state index contributed by atoms with van der Waals surface area (Å²) in [7, 11) is 0.